The van der Waals surface area contributed by atoms with E-state index in [1.165, 1.54) is 25.7 Å². The molecule has 0 aromatic rings. The molecule has 0 spiro atoms. The first-order chi connectivity index (χ1) is 7.06. The van der Waals surface area contributed by atoms with Gasteiger partial charge in [0, 0.05) is 12.6 Å². The van der Waals surface area contributed by atoms with Crippen molar-refractivity contribution in [2.75, 3.05) is 12.3 Å². The number of nitrogens with one attached hydrogen (secondary N) is 1. The Kier molecular flexibility index (Phi) is 5.06. The molecule has 1 aliphatic carbocycles. The summed E-state index contributed by atoms with van der Waals surface area (Å²) in [5.74, 6) is 0.290. The van der Waals surface area contributed by atoms with Crippen molar-refractivity contribution >= 4 is 9.84 Å². The molecular formula is C11H23NO2S. The molecule has 0 saturated heterocycles. The molecule has 0 aromatic carbocycles. The van der Waals surface area contributed by atoms with Crippen LogP contribution in [0.25, 0.3) is 0 Å². The van der Waals surface area contributed by atoms with Gasteiger partial charge in [-0.1, -0.05) is 19.8 Å². The Morgan fingerprint density at radius 1 is 1.33 bits per heavy atom. The molecule has 1 aliphatic rings. The number of hydrogen-bond acceptors (Lipinski definition) is 3. The molecule has 0 amide bonds. The molecule has 1 saturated carbocycles. The van der Waals surface area contributed by atoms with Gasteiger partial charge in [0.1, 0.15) is 0 Å². The fourth-order valence-electron chi connectivity index (χ4n) is 1.99. The van der Waals surface area contributed by atoms with Crippen LogP contribution >= 0.6 is 0 Å². The molecule has 0 bridgehead atoms. The smallest absolute Gasteiger partial charge is 0.154 e. The maximum atomic E-state index is 11.7. The third kappa shape index (κ3) is 4.11. The van der Waals surface area contributed by atoms with Crippen LogP contribution in [0.1, 0.15) is 46.0 Å². The molecule has 0 aliphatic heterocycles. The van der Waals surface area contributed by atoms with Crippen molar-refractivity contribution in [3.8, 4) is 0 Å². The van der Waals surface area contributed by atoms with Crippen molar-refractivity contribution in [2.24, 2.45) is 0 Å². The molecule has 1 unspecified atom stereocenters. The van der Waals surface area contributed by atoms with Crippen molar-refractivity contribution in [1.29, 1.82) is 0 Å². The van der Waals surface area contributed by atoms with Crippen LogP contribution in [0.2, 0.25) is 0 Å². The summed E-state index contributed by atoms with van der Waals surface area (Å²) in [5.41, 5.74) is 0. The van der Waals surface area contributed by atoms with E-state index in [0.29, 0.717) is 24.8 Å². The highest BCUT2D eigenvalue weighted by molar-refractivity contribution is 7.92. The van der Waals surface area contributed by atoms with Crippen LogP contribution in [0, 0.1) is 0 Å². The Morgan fingerprint density at radius 2 is 1.93 bits per heavy atom. The number of hydrogen-bond donors (Lipinski definition) is 1. The van der Waals surface area contributed by atoms with Crippen LogP contribution in [-0.2, 0) is 9.84 Å². The van der Waals surface area contributed by atoms with Crippen LogP contribution in [0.5, 0.6) is 0 Å². The van der Waals surface area contributed by atoms with Gasteiger partial charge in [0.2, 0.25) is 0 Å². The molecule has 3 nitrogen and oxygen atoms in total. The lowest BCUT2D eigenvalue weighted by Gasteiger charge is -2.14. The van der Waals surface area contributed by atoms with E-state index in [9.17, 15) is 8.42 Å². The lowest BCUT2D eigenvalue weighted by Crippen LogP contribution is -2.33. The van der Waals surface area contributed by atoms with E-state index in [1.807, 2.05) is 6.92 Å². The van der Waals surface area contributed by atoms with Gasteiger partial charge in [0.25, 0.3) is 0 Å². The van der Waals surface area contributed by atoms with Gasteiger partial charge in [0.15, 0.2) is 9.84 Å². The van der Waals surface area contributed by atoms with E-state index in [2.05, 4.69) is 5.32 Å². The van der Waals surface area contributed by atoms with E-state index in [-0.39, 0.29) is 5.25 Å². The summed E-state index contributed by atoms with van der Waals surface area (Å²) in [6.45, 7) is 4.34. The van der Waals surface area contributed by atoms with E-state index < -0.39 is 9.84 Å². The van der Waals surface area contributed by atoms with Gasteiger partial charge in [-0.15, -0.1) is 0 Å². The Morgan fingerprint density at radius 3 is 2.47 bits per heavy atom. The van der Waals surface area contributed by atoms with Crippen molar-refractivity contribution in [3.05, 3.63) is 0 Å². The zero-order chi connectivity index (χ0) is 11.3. The van der Waals surface area contributed by atoms with Crippen LogP contribution in [0.4, 0.5) is 0 Å². The Balaban J connectivity index is 2.23. The van der Waals surface area contributed by atoms with Gasteiger partial charge < -0.3 is 5.32 Å². The molecule has 90 valence electrons. The Labute approximate surface area is 93.6 Å². The molecule has 0 aromatic heterocycles. The average Bonchev–Trinajstić information content (AvgIpc) is 2.69. The van der Waals surface area contributed by atoms with Crippen LogP contribution < -0.4 is 5.32 Å². The minimum Gasteiger partial charge on any atom is -0.313 e. The largest absolute Gasteiger partial charge is 0.313 e. The monoisotopic (exact) mass is 233 g/mol. The highest BCUT2D eigenvalue weighted by Crippen LogP contribution is 2.17. The third-order valence-corrected chi connectivity index (χ3v) is 5.70. The normalized spacial score (nSPS) is 20.7. The van der Waals surface area contributed by atoms with Crippen LogP contribution in [0.3, 0.4) is 0 Å². The first kappa shape index (κ1) is 13.0. The summed E-state index contributed by atoms with van der Waals surface area (Å²) in [6.07, 6.45) is 5.71. The van der Waals surface area contributed by atoms with Gasteiger partial charge in [-0.25, -0.2) is 8.42 Å². The van der Waals surface area contributed by atoms with E-state index in [1.54, 1.807) is 6.92 Å². The van der Waals surface area contributed by atoms with Crippen LogP contribution in [0.15, 0.2) is 0 Å². The maximum Gasteiger partial charge on any atom is 0.154 e. The van der Waals surface area contributed by atoms with Crippen molar-refractivity contribution < 1.29 is 8.42 Å². The minimum absolute atomic E-state index is 0.192. The summed E-state index contributed by atoms with van der Waals surface area (Å²) < 4.78 is 23.4. The summed E-state index contributed by atoms with van der Waals surface area (Å²) >= 11 is 0. The molecule has 1 atom stereocenters. The maximum absolute atomic E-state index is 11.7. The van der Waals surface area contributed by atoms with E-state index >= 15 is 0 Å². The third-order valence-electron chi connectivity index (χ3n) is 3.36. The predicted molar refractivity (Wildman–Crippen MR) is 63.8 cm³/mol. The van der Waals surface area contributed by atoms with Crippen molar-refractivity contribution in [3.63, 3.8) is 0 Å². The van der Waals surface area contributed by atoms with E-state index in [0.717, 1.165) is 0 Å². The number of sulfone groups is 1. The van der Waals surface area contributed by atoms with Crippen molar-refractivity contribution in [2.45, 2.75) is 57.2 Å². The molecule has 0 heterocycles. The quantitative estimate of drug-likeness (QED) is 0.760. The standard InChI is InChI=1S/C11H23NO2S/c1-3-10(2)15(13,14)9-8-12-11-6-4-5-7-11/h10-12H,3-9H2,1-2H3. The molecule has 1 fully saturated rings. The second-order valence-corrected chi connectivity index (χ2v) is 7.06. The van der Waals surface area contributed by atoms with Gasteiger partial charge >= 0.3 is 0 Å². The first-order valence-electron chi connectivity index (χ1n) is 6.01. The fraction of sp³-hybridized carbons (Fsp3) is 1.00. The molecular weight excluding hydrogens is 210 g/mol. The molecule has 1 rings (SSSR count). The summed E-state index contributed by atoms with van der Waals surface area (Å²) in [6, 6.07) is 0.567. The average molecular weight is 233 g/mol. The second-order valence-electron chi connectivity index (χ2n) is 4.52. The SMILES string of the molecule is CCC(C)S(=O)(=O)CCNC1CCCC1. The lowest BCUT2D eigenvalue weighted by atomic mass is 10.2. The molecule has 1 N–H and O–H groups in total. The zero-order valence-electron chi connectivity index (χ0n) is 9.83. The van der Waals surface area contributed by atoms with Gasteiger partial charge in [0.05, 0.1) is 11.0 Å². The summed E-state index contributed by atoms with van der Waals surface area (Å²) in [5, 5.41) is 3.15. The van der Waals surface area contributed by atoms with Crippen molar-refractivity contribution in [1.82, 2.24) is 5.32 Å². The summed E-state index contributed by atoms with van der Waals surface area (Å²) in [4.78, 5) is 0. The predicted octanol–water partition coefficient (Wildman–Crippen LogP) is 1.73. The summed E-state index contributed by atoms with van der Waals surface area (Å²) in [7, 11) is -2.86. The van der Waals surface area contributed by atoms with Gasteiger partial charge in [-0.2, -0.15) is 0 Å². The Bertz CT molecular complexity index is 268. The molecule has 15 heavy (non-hydrogen) atoms. The Hall–Kier alpha value is -0.0900. The molecule has 0 radical (unpaired) electrons. The number of rotatable bonds is 6. The first-order valence-corrected chi connectivity index (χ1v) is 7.72. The fourth-order valence-corrected chi connectivity index (χ4v) is 3.30. The highest BCUT2D eigenvalue weighted by atomic mass is 32.2. The van der Waals surface area contributed by atoms with E-state index in [4.69, 9.17) is 0 Å². The van der Waals surface area contributed by atoms with Gasteiger partial charge in [-0.05, 0) is 26.2 Å². The second kappa shape index (κ2) is 5.85. The molecule has 4 heteroatoms. The zero-order valence-corrected chi connectivity index (χ0v) is 10.6. The van der Waals surface area contributed by atoms with Crippen LogP contribution in [-0.4, -0.2) is 32.0 Å². The lowest BCUT2D eigenvalue weighted by molar-refractivity contribution is 0.533. The highest BCUT2D eigenvalue weighted by Gasteiger charge is 2.20. The van der Waals surface area contributed by atoms with Gasteiger partial charge in [-0.3, -0.25) is 0 Å². The minimum atomic E-state index is -2.86. The topological polar surface area (TPSA) is 46.2 Å².